The van der Waals surface area contributed by atoms with Crippen LogP contribution in [0.4, 0.5) is 13.2 Å². The van der Waals surface area contributed by atoms with Crippen molar-refractivity contribution in [3.05, 3.63) is 29.8 Å². The zero-order valence-corrected chi connectivity index (χ0v) is 43.6. The number of primary amides is 2. The number of halogens is 3. The van der Waals surface area contributed by atoms with Crippen LogP contribution in [0.2, 0.25) is 0 Å². The van der Waals surface area contributed by atoms with E-state index in [1.807, 2.05) is 0 Å². The molecule has 8 atom stereocenters. The van der Waals surface area contributed by atoms with Crippen molar-refractivity contribution < 1.29 is 85.7 Å². The smallest absolute Gasteiger partial charge is 0.490 e. The number of amides is 10. The van der Waals surface area contributed by atoms with Crippen molar-refractivity contribution in [1.82, 2.24) is 42.1 Å². The lowest BCUT2D eigenvalue weighted by atomic mass is 9.96. The van der Waals surface area contributed by atoms with E-state index in [2.05, 4.69) is 37.2 Å². The van der Waals surface area contributed by atoms with Crippen molar-refractivity contribution in [1.29, 1.82) is 0 Å². The van der Waals surface area contributed by atoms with Crippen LogP contribution in [-0.4, -0.2) is 166 Å². The molecule has 29 heteroatoms. The fourth-order valence-corrected chi connectivity index (χ4v) is 8.65. The first-order valence-electron chi connectivity index (χ1n) is 24.3. The molecule has 0 bridgehead atoms. The number of thioether (sulfide) groups is 1. The summed E-state index contributed by atoms with van der Waals surface area (Å²) < 4.78 is 37.0. The third-order valence-electron chi connectivity index (χ3n) is 11.8. The van der Waals surface area contributed by atoms with Crippen LogP contribution in [0.1, 0.15) is 91.0 Å². The summed E-state index contributed by atoms with van der Waals surface area (Å²) in [6, 6.07) is -2.53. The van der Waals surface area contributed by atoms with Gasteiger partial charge in [0, 0.05) is 31.6 Å². The zero-order valence-electron chi connectivity index (χ0n) is 42.8. The van der Waals surface area contributed by atoms with E-state index < -0.39 is 145 Å². The minimum atomic E-state index is -5.08. The molecule has 0 aliphatic carbocycles. The Bertz CT molecular complexity index is 2240. The number of alkyl halides is 3. The quantitative estimate of drug-likeness (QED) is 0.0817. The van der Waals surface area contributed by atoms with Gasteiger partial charge in [0.05, 0.1) is 13.5 Å². The first-order chi connectivity index (χ1) is 35.6. The first kappa shape index (κ1) is 64.9. The molecule has 1 aromatic carbocycles. The van der Waals surface area contributed by atoms with Gasteiger partial charge in [-0.2, -0.15) is 24.9 Å². The van der Waals surface area contributed by atoms with Gasteiger partial charge in [0.25, 0.3) is 0 Å². The minimum Gasteiger partial charge on any atom is -0.497 e. The van der Waals surface area contributed by atoms with Crippen LogP contribution in [-0.2, 0) is 64.0 Å². The Morgan fingerprint density at radius 3 is 2.00 bits per heavy atom. The average molecular weight is 1100 g/mol. The number of ether oxygens (including phenoxy) is 1. The van der Waals surface area contributed by atoms with E-state index in [9.17, 15) is 65.9 Å². The monoisotopic (exact) mass is 1100 g/mol. The molecule has 2 aliphatic heterocycles. The van der Waals surface area contributed by atoms with Crippen LogP contribution < -0.4 is 53.4 Å². The number of nitrogens with one attached hydrogen (secondary N) is 7. The maximum atomic E-state index is 14.5. The molecule has 76 heavy (non-hydrogen) atoms. The SMILES string of the molecule is CC[C@H](C)[C@@H]1NC(=O)[C@H](Cc2ccc(OC)cc2)NC(=O)CCCSC[C@@H](C(=O)N2CCC[C@H]2C(=O)N[C@@H](CC(C)C)C(=O)NCC(=O)O)NC(=O)[C@H](CC(N)=O)NC(=O)[C@H](CCC(N)=O)NC1=O.O=C(O)C(F)(F)F. The van der Waals surface area contributed by atoms with E-state index in [1.165, 1.54) is 23.8 Å². The van der Waals surface area contributed by atoms with Gasteiger partial charge in [-0.1, -0.05) is 46.2 Å². The molecule has 0 spiro atoms. The summed E-state index contributed by atoms with van der Waals surface area (Å²) in [5, 5.41) is 34.2. The van der Waals surface area contributed by atoms with Gasteiger partial charge in [-0.05, 0) is 67.4 Å². The van der Waals surface area contributed by atoms with Crippen molar-refractivity contribution >= 4 is 82.8 Å². The highest BCUT2D eigenvalue weighted by Crippen LogP contribution is 2.22. The summed E-state index contributed by atoms with van der Waals surface area (Å²) >= 11 is 1.17. The van der Waals surface area contributed by atoms with Gasteiger partial charge in [0.2, 0.25) is 59.1 Å². The lowest BCUT2D eigenvalue weighted by Crippen LogP contribution is -2.61. The topological polar surface area (TPSA) is 394 Å². The van der Waals surface area contributed by atoms with Crippen molar-refractivity contribution in [3.63, 3.8) is 0 Å². The second-order valence-electron chi connectivity index (χ2n) is 18.4. The van der Waals surface area contributed by atoms with Gasteiger partial charge in [0.15, 0.2) is 0 Å². The molecule has 0 aromatic heterocycles. The largest absolute Gasteiger partial charge is 0.497 e. The van der Waals surface area contributed by atoms with Gasteiger partial charge in [-0.3, -0.25) is 52.7 Å². The zero-order chi connectivity index (χ0) is 57.4. The number of likely N-dealkylation sites (tertiary alicyclic amines) is 1. The molecular weight excluding hydrogens is 1030 g/mol. The Hall–Kier alpha value is -7.20. The Balaban J connectivity index is 0.00000263. The molecule has 2 saturated heterocycles. The highest BCUT2D eigenvalue weighted by molar-refractivity contribution is 7.99. The predicted molar refractivity (Wildman–Crippen MR) is 265 cm³/mol. The molecule has 13 N–H and O–H groups in total. The van der Waals surface area contributed by atoms with Gasteiger partial charge in [0.1, 0.15) is 54.6 Å². The van der Waals surface area contributed by atoms with Crippen LogP contribution >= 0.6 is 11.8 Å². The molecule has 0 radical (unpaired) electrons. The van der Waals surface area contributed by atoms with Crippen molar-refractivity contribution in [3.8, 4) is 5.75 Å². The maximum absolute atomic E-state index is 14.5. The van der Waals surface area contributed by atoms with E-state index >= 15 is 0 Å². The number of carboxylic acid groups (broad SMARTS) is 2. The second-order valence-corrected chi connectivity index (χ2v) is 19.5. The number of rotatable bonds is 18. The lowest BCUT2D eigenvalue weighted by Gasteiger charge is -2.31. The number of hydrogen-bond donors (Lipinski definition) is 11. The van der Waals surface area contributed by atoms with Gasteiger partial charge in [-0.15, -0.1) is 0 Å². The lowest BCUT2D eigenvalue weighted by molar-refractivity contribution is -0.192. The van der Waals surface area contributed by atoms with Crippen molar-refractivity contribution in [2.45, 2.75) is 140 Å². The van der Waals surface area contributed by atoms with Gasteiger partial charge in [-0.25, -0.2) is 4.79 Å². The number of nitrogens with zero attached hydrogens (tertiary/aromatic N) is 1. The third-order valence-corrected chi connectivity index (χ3v) is 13.0. The molecule has 0 saturated carbocycles. The normalized spacial score (nSPS) is 22.1. The van der Waals surface area contributed by atoms with Crippen LogP contribution in [0.3, 0.4) is 0 Å². The highest BCUT2D eigenvalue weighted by atomic mass is 32.2. The fraction of sp³-hybridized carbons (Fsp3) is 0.617. The Labute approximate surface area is 440 Å². The molecule has 424 valence electrons. The minimum absolute atomic E-state index is 0.0192. The Kier molecular flexibility index (Phi) is 27.0. The molecule has 0 unspecified atom stereocenters. The standard InChI is InChI=1S/C45H68N10O13S.C2HF3O2/c1-6-25(4)38-44(66)50-28(15-16-34(46)56)40(62)51-31(21-35(47)57)41(63)53-32(23-69-18-8-10-36(58)49-30(42(64)54-38)20-26-11-13-27(68-5)14-12-26)45(67)55-17-7-9-33(55)43(65)52-29(19-24(2)3)39(61)48-22-37(59)60;3-2(4,5)1(6)7/h11-14,24-25,28-33,38H,6-10,15-23H2,1-5H3,(H2,46,56)(H2,47,57)(H,48,61)(H,49,58)(H,50,66)(H,51,62)(H,52,65)(H,53,63)(H,54,64)(H,59,60);(H,6,7)/t25-,28-,29-,30-,31-,32-,33-,38-;/m0./s1. The van der Waals surface area contributed by atoms with E-state index in [1.54, 1.807) is 52.0 Å². The highest BCUT2D eigenvalue weighted by Gasteiger charge is 2.41. The van der Waals surface area contributed by atoms with E-state index in [4.69, 9.17) is 31.2 Å². The number of carbonyl (C=O) groups is 12. The number of nitrogens with two attached hydrogens (primary N) is 2. The molecule has 2 aliphatic rings. The van der Waals surface area contributed by atoms with Crippen LogP contribution in [0.25, 0.3) is 0 Å². The summed E-state index contributed by atoms with van der Waals surface area (Å²) in [5.74, 6) is -12.1. The van der Waals surface area contributed by atoms with Crippen LogP contribution in [0.15, 0.2) is 24.3 Å². The molecule has 2 fully saturated rings. The van der Waals surface area contributed by atoms with E-state index in [-0.39, 0.29) is 62.5 Å². The number of carboxylic acids is 2. The number of carbonyl (C=O) groups excluding carboxylic acids is 10. The van der Waals surface area contributed by atoms with Gasteiger partial charge < -0.3 is 68.5 Å². The Morgan fingerprint density at radius 2 is 1.45 bits per heavy atom. The molecule has 2 heterocycles. The van der Waals surface area contributed by atoms with Crippen LogP contribution in [0, 0.1) is 11.8 Å². The number of aliphatic carboxylic acids is 2. The maximum Gasteiger partial charge on any atom is 0.490 e. The molecule has 10 amide bonds. The number of benzene rings is 1. The summed E-state index contributed by atoms with van der Waals surface area (Å²) in [6.07, 6.45) is -5.38. The molecule has 1 aromatic rings. The summed E-state index contributed by atoms with van der Waals surface area (Å²) in [5.41, 5.74) is 11.6. The average Bonchev–Trinajstić information content (AvgIpc) is 3.84. The molecular formula is C47H69F3N10O15S. The molecule has 25 nitrogen and oxygen atoms in total. The predicted octanol–water partition coefficient (Wildman–Crippen LogP) is -1.27. The second kappa shape index (κ2) is 31.6. The fourth-order valence-electron chi connectivity index (χ4n) is 7.67. The summed E-state index contributed by atoms with van der Waals surface area (Å²) in [4.78, 5) is 157. The van der Waals surface area contributed by atoms with E-state index in [0.29, 0.717) is 24.2 Å². The van der Waals surface area contributed by atoms with Crippen molar-refractivity contribution in [2.75, 3.05) is 31.7 Å². The first-order valence-corrected chi connectivity index (χ1v) is 25.4. The number of methoxy groups -OCH3 is 1. The number of hydrogen-bond acceptors (Lipinski definition) is 14. The third kappa shape index (κ3) is 22.7. The Morgan fingerprint density at radius 1 is 0.842 bits per heavy atom. The molecule has 3 rings (SSSR count). The van der Waals surface area contributed by atoms with Crippen molar-refractivity contribution in [2.24, 2.45) is 23.3 Å². The van der Waals surface area contributed by atoms with Gasteiger partial charge >= 0.3 is 18.1 Å². The summed E-state index contributed by atoms with van der Waals surface area (Å²) in [7, 11) is 1.50. The van der Waals surface area contributed by atoms with E-state index in [0.717, 1.165) is 0 Å². The van der Waals surface area contributed by atoms with Crippen LogP contribution in [0.5, 0.6) is 5.75 Å². The summed E-state index contributed by atoms with van der Waals surface area (Å²) in [6.45, 7) is 6.45.